The third-order valence-corrected chi connectivity index (χ3v) is 7.65. The minimum Gasteiger partial charge on any atom is -0.265 e. The van der Waals surface area contributed by atoms with Crippen LogP contribution < -0.4 is 0 Å². The van der Waals surface area contributed by atoms with Crippen molar-refractivity contribution in [3.8, 4) is 67.3 Å². The van der Waals surface area contributed by atoms with E-state index in [-0.39, 0.29) is 0 Å². The molecule has 2 aromatic heterocycles. The number of hydrogen-bond acceptors (Lipinski definition) is 3. The highest BCUT2D eigenvalue weighted by atomic mass is 14.9. The van der Waals surface area contributed by atoms with E-state index in [4.69, 9.17) is 9.97 Å². The van der Waals surface area contributed by atoms with Crippen molar-refractivity contribution in [2.75, 3.05) is 0 Å². The monoisotopic (exact) mass is 551 g/mol. The fourth-order valence-electron chi connectivity index (χ4n) is 5.53. The predicted molar refractivity (Wildman–Crippen MR) is 177 cm³/mol. The average molecular weight is 552 g/mol. The van der Waals surface area contributed by atoms with Crippen LogP contribution in [0.5, 0.6) is 0 Å². The zero-order valence-electron chi connectivity index (χ0n) is 23.9. The Labute approximate surface area is 252 Å². The molecule has 0 unspecified atom stereocenters. The van der Waals surface area contributed by atoms with E-state index >= 15 is 0 Å². The first kappa shape index (κ1) is 26.2. The van der Waals surface area contributed by atoms with Crippen LogP contribution in [0.2, 0.25) is 0 Å². The van der Waals surface area contributed by atoms with Crippen LogP contribution in [0.15, 0.2) is 158 Å². The molecule has 0 spiro atoms. The Morgan fingerprint density at radius 1 is 0.372 bits per heavy atom. The van der Waals surface area contributed by atoms with Gasteiger partial charge in [-0.15, -0.1) is 0 Å². The molecule has 0 bridgehead atoms. The van der Waals surface area contributed by atoms with Crippen molar-refractivity contribution in [3.63, 3.8) is 0 Å². The van der Waals surface area contributed by atoms with E-state index in [1.165, 1.54) is 22.3 Å². The maximum absolute atomic E-state index is 5.10. The molecular weight excluding hydrogens is 522 g/mol. The van der Waals surface area contributed by atoms with E-state index in [9.17, 15) is 0 Å². The lowest BCUT2D eigenvalue weighted by molar-refractivity contribution is 1.18. The SMILES string of the molecule is Cc1cc(-c2cc(-c3ccc(-c4ccncc4)cc3)nc(-c3ccccc3)n2)cc(-c2ccccc2-c2ccccc2)c1. The van der Waals surface area contributed by atoms with E-state index in [1.807, 2.05) is 42.7 Å². The Hall–Kier alpha value is -5.67. The molecule has 0 aliphatic rings. The van der Waals surface area contributed by atoms with E-state index in [1.54, 1.807) is 0 Å². The fraction of sp³-hybridized carbons (Fsp3) is 0.0250. The number of aromatic nitrogens is 3. The van der Waals surface area contributed by atoms with Gasteiger partial charge in [0.2, 0.25) is 0 Å². The highest BCUT2D eigenvalue weighted by Crippen LogP contribution is 2.36. The number of hydrogen-bond donors (Lipinski definition) is 0. The topological polar surface area (TPSA) is 38.7 Å². The second-order valence-corrected chi connectivity index (χ2v) is 10.6. The van der Waals surface area contributed by atoms with E-state index in [0.29, 0.717) is 5.82 Å². The summed E-state index contributed by atoms with van der Waals surface area (Å²) in [4.78, 5) is 14.3. The van der Waals surface area contributed by atoms with Crippen molar-refractivity contribution in [1.82, 2.24) is 15.0 Å². The summed E-state index contributed by atoms with van der Waals surface area (Å²) >= 11 is 0. The Morgan fingerprint density at radius 3 is 1.56 bits per heavy atom. The van der Waals surface area contributed by atoms with Gasteiger partial charge in [0, 0.05) is 29.1 Å². The van der Waals surface area contributed by atoms with Crippen LogP contribution in [0.1, 0.15) is 5.56 Å². The van der Waals surface area contributed by atoms with Crippen molar-refractivity contribution < 1.29 is 0 Å². The van der Waals surface area contributed by atoms with Gasteiger partial charge in [-0.1, -0.05) is 115 Å². The highest BCUT2D eigenvalue weighted by Gasteiger charge is 2.14. The molecule has 3 heteroatoms. The minimum atomic E-state index is 0.707. The molecule has 0 aliphatic heterocycles. The van der Waals surface area contributed by atoms with Gasteiger partial charge in [-0.05, 0) is 76.2 Å². The lowest BCUT2D eigenvalue weighted by Gasteiger charge is -2.14. The molecule has 0 amide bonds. The number of pyridine rings is 1. The average Bonchev–Trinajstić information content (AvgIpc) is 3.09. The summed E-state index contributed by atoms with van der Waals surface area (Å²) in [6.45, 7) is 2.15. The first-order chi connectivity index (χ1) is 21.2. The first-order valence-electron chi connectivity index (χ1n) is 14.4. The summed E-state index contributed by atoms with van der Waals surface area (Å²) in [5.74, 6) is 0.707. The summed E-state index contributed by atoms with van der Waals surface area (Å²) in [7, 11) is 0. The summed E-state index contributed by atoms with van der Waals surface area (Å²) in [5.41, 5.74) is 13.1. The fourth-order valence-corrected chi connectivity index (χ4v) is 5.53. The zero-order chi connectivity index (χ0) is 29.0. The predicted octanol–water partition coefficient (Wildman–Crippen LogP) is 10.2. The van der Waals surface area contributed by atoms with Gasteiger partial charge in [-0.25, -0.2) is 9.97 Å². The van der Waals surface area contributed by atoms with Gasteiger partial charge < -0.3 is 0 Å². The largest absolute Gasteiger partial charge is 0.265 e. The van der Waals surface area contributed by atoms with Crippen molar-refractivity contribution >= 4 is 0 Å². The lowest BCUT2D eigenvalue weighted by atomic mass is 9.92. The number of nitrogens with zero attached hydrogens (tertiary/aromatic N) is 3. The Kier molecular flexibility index (Phi) is 7.12. The normalized spacial score (nSPS) is 10.9. The van der Waals surface area contributed by atoms with Gasteiger partial charge >= 0.3 is 0 Å². The Bertz CT molecular complexity index is 2000. The highest BCUT2D eigenvalue weighted by molar-refractivity contribution is 5.86. The van der Waals surface area contributed by atoms with Crippen LogP contribution >= 0.6 is 0 Å². The van der Waals surface area contributed by atoms with Crippen LogP contribution in [-0.2, 0) is 0 Å². The molecule has 0 N–H and O–H groups in total. The number of aryl methyl sites for hydroxylation is 1. The zero-order valence-corrected chi connectivity index (χ0v) is 23.9. The molecule has 0 saturated heterocycles. The van der Waals surface area contributed by atoms with Crippen molar-refractivity contribution in [2.24, 2.45) is 0 Å². The van der Waals surface area contributed by atoms with Crippen LogP contribution in [0.3, 0.4) is 0 Å². The molecule has 2 heterocycles. The van der Waals surface area contributed by atoms with Crippen LogP contribution in [0, 0.1) is 6.92 Å². The van der Waals surface area contributed by atoms with Crippen molar-refractivity contribution in [2.45, 2.75) is 6.92 Å². The molecule has 0 fully saturated rings. The number of benzene rings is 5. The molecule has 3 nitrogen and oxygen atoms in total. The smallest absolute Gasteiger partial charge is 0.160 e. The van der Waals surface area contributed by atoms with Crippen molar-refractivity contribution in [3.05, 3.63) is 164 Å². The summed E-state index contributed by atoms with van der Waals surface area (Å²) in [6.07, 6.45) is 3.64. The summed E-state index contributed by atoms with van der Waals surface area (Å²) in [6, 6.07) is 50.8. The second kappa shape index (κ2) is 11.7. The van der Waals surface area contributed by atoms with Crippen LogP contribution in [-0.4, -0.2) is 15.0 Å². The van der Waals surface area contributed by atoms with Crippen LogP contribution in [0.4, 0.5) is 0 Å². The van der Waals surface area contributed by atoms with Gasteiger partial charge in [0.1, 0.15) is 0 Å². The van der Waals surface area contributed by atoms with Crippen LogP contribution in [0.25, 0.3) is 67.3 Å². The first-order valence-corrected chi connectivity index (χ1v) is 14.4. The Balaban J connectivity index is 1.35. The van der Waals surface area contributed by atoms with E-state index in [2.05, 4.69) is 127 Å². The van der Waals surface area contributed by atoms with E-state index < -0.39 is 0 Å². The van der Waals surface area contributed by atoms with E-state index in [0.717, 1.165) is 44.8 Å². The summed E-state index contributed by atoms with van der Waals surface area (Å²) in [5, 5.41) is 0. The molecule has 43 heavy (non-hydrogen) atoms. The third-order valence-electron chi connectivity index (χ3n) is 7.65. The maximum atomic E-state index is 5.10. The molecule has 7 rings (SSSR count). The summed E-state index contributed by atoms with van der Waals surface area (Å²) < 4.78 is 0. The maximum Gasteiger partial charge on any atom is 0.160 e. The lowest BCUT2D eigenvalue weighted by Crippen LogP contribution is -1.96. The van der Waals surface area contributed by atoms with Gasteiger partial charge in [0.15, 0.2) is 5.82 Å². The standard InChI is InChI=1S/C40H29N3/c1-28-24-34(37-15-9-8-14-36(37)31-10-4-2-5-11-31)26-35(25-28)39-27-38(42-40(43-39)33-12-6-3-7-13-33)32-18-16-29(17-19-32)30-20-22-41-23-21-30/h2-27H,1H3. The van der Waals surface area contributed by atoms with Gasteiger partial charge in [0.05, 0.1) is 11.4 Å². The molecule has 204 valence electrons. The molecule has 7 aromatic rings. The van der Waals surface area contributed by atoms with Crippen molar-refractivity contribution in [1.29, 1.82) is 0 Å². The minimum absolute atomic E-state index is 0.707. The molecule has 0 radical (unpaired) electrons. The molecule has 0 atom stereocenters. The number of rotatable bonds is 6. The quantitative estimate of drug-likeness (QED) is 0.206. The van der Waals surface area contributed by atoms with Gasteiger partial charge in [-0.3, -0.25) is 4.98 Å². The molecule has 0 aliphatic carbocycles. The molecular formula is C40H29N3. The van der Waals surface area contributed by atoms with Gasteiger partial charge in [-0.2, -0.15) is 0 Å². The molecule has 0 saturated carbocycles. The Morgan fingerprint density at radius 2 is 0.884 bits per heavy atom. The second-order valence-electron chi connectivity index (χ2n) is 10.6. The molecule has 5 aromatic carbocycles. The van der Waals surface area contributed by atoms with Gasteiger partial charge in [0.25, 0.3) is 0 Å². The third kappa shape index (κ3) is 5.61.